The third-order valence-corrected chi connectivity index (χ3v) is 5.59. The van der Waals surface area contributed by atoms with Crippen LogP contribution in [0.1, 0.15) is 29.2 Å². The lowest BCUT2D eigenvalue weighted by molar-refractivity contribution is 0.412. The second-order valence-corrected chi connectivity index (χ2v) is 7.25. The Bertz CT molecular complexity index is 1140. The number of methoxy groups -OCH3 is 1. The third-order valence-electron chi connectivity index (χ3n) is 5.59. The van der Waals surface area contributed by atoms with Crippen LogP contribution in [0.15, 0.2) is 48.5 Å². The Morgan fingerprint density at radius 2 is 1.70 bits per heavy atom. The monoisotopic (exact) mass is 354 g/mol. The number of carbonyl (C=O) groups excluding carboxylic acids is 1. The van der Waals surface area contributed by atoms with Crippen molar-refractivity contribution in [3.05, 3.63) is 70.8 Å². The summed E-state index contributed by atoms with van der Waals surface area (Å²) in [5.41, 5.74) is 7.47. The molecule has 3 aromatic carbocycles. The molecule has 1 aliphatic rings. The van der Waals surface area contributed by atoms with E-state index in [-0.39, 0.29) is 5.92 Å². The van der Waals surface area contributed by atoms with E-state index in [1.54, 1.807) is 7.11 Å². The highest BCUT2D eigenvalue weighted by Gasteiger charge is 2.18. The first kappa shape index (κ1) is 17.3. The predicted molar refractivity (Wildman–Crippen MR) is 113 cm³/mol. The van der Waals surface area contributed by atoms with Gasteiger partial charge in [0.15, 0.2) is 0 Å². The quantitative estimate of drug-likeness (QED) is 0.527. The molecule has 0 bridgehead atoms. The molecule has 0 aliphatic heterocycles. The number of hydrogen-bond donors (Lipinski definition) is 0. The summed E-state index contributed by atoms with van der Waals surface area (Å²) in [6.45, 7) is 6.24. The molecule has 134 valence electrons. The fourth-order valence-electron chi connectivity index (χ4n) is 3.97. The molecule has 0 N–H and O–H groups in total. The van der Waals surface area contributed by atoms with Gasteiger partial charge in [0.1, 0.15) is 11.7 Å². The summed E-state index contributed by atoms with van der Waals surface area (Å²) in [5.74, 6) is 3.16. The average molecular weight is 354 g/mol. The van der Waals surface area contributed by atoms with Crippen LogP contribution < -0.4 is 4.74 Å². The van der Waals surface area contributed by atoms with E-state index in [1.807, 2.05) is 13.0 Å². The molecule has 0 amide bonds. The van der Waals surface area contributed by atoms with Crippen LogP contribution in [0.2, 0.25) is 0 Å². The van der Waals surface area contributed by atoms with Crippen LogP contribution in [0.4, 0.5) is 0 Å². The van der Waals surface area contributed by atoms with Crippen molar-refractivity contribution in [1.82, 2.24) is 0 Å². The molecule has 0 aromatic heterocycles. The van der Waals surface area contributed by atoms with Gasteiger partial charge in [-0.25, -0.2) is 4.79 Å². The summed E-state index contributed by atoms with van der Waals surface area (Å²) in [6, 6.07) is 15.0. The minimum Gasteiger partial charge on any atom is -0.496 e. The Hall–Kier alpha value is -3.09. The van der Waals surface area contributed by atoms with Crippen LogP contribution in [0.3, 0.4) is 0 Å². The minimum atomic E-state index is 0.113. The molecule has 0 heterocycles. The maximum atomic E-state index is 11.3. The van der Waals surface area contributed by atoms with E-state index in [0.717, 1.165) is 33.6 Å². The Morgan fingerprint density at radius 3 is 2.44 bits per heavy atom. The molecule has 27 heavy (non-hydrogen) atoms. The molecule has 0 saturated carbocycles. The zero-order valence-corrected chi connectivity index (χ0v) is 16.1. The molecule has 0 spiro atoms. The standard InChI is InChI=1S/C25H22O2/c1-15-5-6-20-12-18(8-10-22(20)24(15)14-26)19-7-9-21-17(3)25(27-4)11-16(2)23(21)13-19/h5-13,15H,1-4H3. The second kappa shape index (κ2) is 6.57. The molecule has 1 aliphatic carbocycles. The summed E-state index contributed by atoms with van der Waals surface area (Å²) in [4.78, 5) is 11.3. The molecule has 1 unspecified atom stereocenters. The fourth-order valence-corrected chi connectivity index (χ4v) is 3.97. The Kier molecular flexibility index (Phi) is 4.22. The molecule has 0 radical (unpaired) electrons. The van der Waals surface area contributed by atoms with Crippen molar-refractivity contribution in [3.8, 4) is 16.9 Å². The van der Waals surface area contributed by atoms with Crippen LogP contribution in [0.5, 0.6) is 5.75 Å². The summed E-state index contributed by atoms with van der Waals surface area (Å²) < 4.78 is 5.50. The van der Waals surface area contributed by atoms with E-state index in [4.69, 9.17) is 4.74 Å². The zero-order chi connectivity index (χ0) is 19.1. The molecule has 2 heteroatoms. The molecule has 3 aromatic rings. The van der Waals surface area contributed by atoms with E-state index >= 15 is 0 Å². The molecule has 1 atom stereocenters. The fraction of sp³-hybridized carbons (Fsp3) is 0.200. The summed E-state index contributed by atoms with van der Waals surface area (Å²) in [5, 5.41) is 2.45. The first-order valence-electron chi connectivity index (χ1n) is 9.19. The normalized spacial score (nSPS) is 15.6. The van der Waals surface area contributed by atoms with Gasteiger partial charge in [-0.3, -0.25) is 0 Å². The van der Waals surface area contributed by atoms with E-state index in [9.17, 15) is 4.79 Å². The SMILES string of the molecule is COc1cc(C)c2cc(-c3ccc4c(c3)C=CC(C)C4=C=O)ccc2c1C. The van der Waals surface area contributed by atoms with Crippen LogP contribution >= 0.6 is 0 Å². The molecular formula is C25H22O2. The van der Waals surface area contributed by atoms with Gasteiger partial charge in [0.05, 0.1) is 12.7 Å². The second-order valence-electron chi connectivity index (χ2n) is 7.25. The maximum absolute atomic E-state index is 11.3. The number of allylic oxidation sites excluding steroid dienone is 2. The lowest BCUT2D eigenvalue weighted by Gasteiger charge is -2.18. The van der Waals surface area contributed by atoms with Gasteiger partial charge in [0.2, 0.25) is 0 Å². The smallest absolute Gasteiger partial charge is 0.129 e. The van der Waals surface area contributed by atoms with Gasteiger partial charge in [0, 0.05) is 5.92 Å². The van der Waals surface area contributed by atoms with E-state index < -0.39 is 0 Å². The highest BCUT2D eigenvalue weighted by atomic mass is 16.5. The average Bonchev–Trinajstić information content (AvgIpc) is 2.70. The number of rotatable bonds is 2. The summed E-state index contributed by atoms with van der Waals surface area (Å²) >= 11 is 0. The number of ether oxygens (including phenoxy) is 1. The number of hydrogen-bond acceptors (Lipinski definition) is 2. The predicted octanol–water partition coefficient (Wildman–Crippen LogP) is 6.01. The van der Waals surface area contributed by atoms with Crippen molar-refractivity contribution in [2.75, 3.05) is 7.11 Å². The Labute approximate surface area is 159 Å². The van der Waals surface area contributed by atoms with E-state index in [2.05, 4.69) is 68.3 Å². The Morgan fingerprint density at radius 1 is 0.963 bits per heavy atom. The van der Waals surface area contributed by atoms with Gasteiger partial charge < -0.3 is 4.74 Å². The maximum Gasteiger partial charge on any atom is 0.129 e. The van der Waals surface area contributed by atoms with Gasteiger partial charge in [-0.15, -0.1) is 0 Å². The first-order valence-corrected chi connectivity index (χ1v) is 9.19. The number of aryl methyl sites for hydroxylation is 2. The highest BCUT2D eigenvalue weighted by Crippen LogP contribution is 2.36. The van der Waals surface area contributed by atoms with Crippen molar-refractivity contribution >= 4 is 28.4 Å². The van der Waals surface area contributed by atoms with Gasteiger partial charge in [-0.2, -0.15) is 0 Å². The lowest BCUT2D eigenvalue weighted by Crippen LogP contribution is -2.03. The van der Waals surface area contributed by atoms with Gasteiger partial charge in [-0.05, 0) is 76.2 Å². The zero-order valence-electron chi connectivity index (χ0n) is 16.1. The molecule has 0 saturated heterocycles. The van der Waals surface area contributed by atoms with Gasteiger partial charge in [-0.1, -0.05) is 43.3 Å². The number of fused-ring (bicyclic) bond motifs is 2. The summed E-state index contributed by atoms with van der Waals surface area (Å²) in [7, 11) is 1.71. The van der Waals surface area contributed by atoms with Crippen molar-refractivity contribution in [3.63, 3.8) is 0 Å². The summed E-state index contributed by atoms with van der Waals surface area (Å²) in [6.07, 6.45) is 4.16. The van der Waals surface area contributed by atoms with Gasteiger partial charge >= 0.3 is 0 Å². The molecule has 4 rings (SSSR count). The first-order chi connectivity index (χ1) is 13.0. The molecule has 0 fully saturated rings. The highest BCUT2D eigenvalue weighted by molar-refractivity contribution is 5.97. The van der Waals surface area contributed by atoms with Crippen LogP contribution in [-0.4, -0.2) is 13.1 Å². The van der Waals surface area contributed by atoms with Crippen LogP contribution in [0, 0.1) is 19.8 Å². The molecule has 2 nitrogen and oxygen atoms in total. The Balaban J connectivity index is 1.86. The van der Waals surface area contributed by atoms with Crippen LogP contribution in [0.25, 0.3) is 33.5 Å². The largest absolute Gasteiger partial charge is 0.496 e. The minimum absolute atomic E-state index is 0.113. The van der Waals surface area contributed by atoms with Crippen molar-refractivity contribution in [2.24, 2.45) is 5.92 Å². The van der Waals surface area contributed by atoms with Crippen molar-refractivity contribution in [2.45, 2.75) is 20.8 Å². The number of benzene rings is 3. The third kappa shape index (κ3) is 2.79. The topological polar surface area (TPSA) is 26.3 Å². The van der Waals surface area contributed by atoms with Crippen molar-refractivity contribution < 1.29 is 9.53 Å². The molecular weight excluding hydrogens is 332 g/mol. The van der Waals surface area contributed by atoms with Gasteiger partial charge in [0.25, 0.3) is 0 Å². The van der Waals surface area contributed by atoms with E-state index in [0.29, 0.717) is 0 Å². The van der Waals surface area contributed by atoms with Crippen LogP contribution in [-0.2, 0) is 4.79 Å². The van der Waals surface area contributed by atoms with Crippen molar-refractivity contribution in [1.29, 1.82) is 0 Å². The van der Waals surface area contributed by atoms with E-state index in [1.165, 1.54) is 21.9 Å². The lowest BCUT2D eigenvalue weighted by atomic mass is 9.85.